The van der Waals surface area contributed by atoms with Crippen LogP contribution in [0.15, 0.2) is 41.3 Å². The Hall–Kier alpha value is -2.94. The topological polar surface area (TPSA) is 91.4 Å². The lowest BCUT2D eigenvalue weighted by Gasteiger charge is -2.19. The predicted octanol–water partition coefficient (Wildman–Crippen LogP) is 2.98. The van der Waals surface area contributed by atoms with Gasteiger partial charge in [-0.1, -0.05) is 12.1 Å². The molecule has 0 aliphatic heterocycles. The number of carbonyl (C=O) groups excluding carboxylic acids is 1. The Labute approximate surface area is 190 Å². The summed E-state index contributed by atoms with van der Waals surface area (Å²) in [7, 11) is 3.13. The first-order valence-electron chi connectivity index (χ1n) is 10.2. The number of benzene rings is 2. The molecule has 0 aromatic heterocycles. The van der Waals surface area contributed by atoms with E-state index in [1.807, 2.05) is 6.07 Å². The van der Waals surface area contributed by atoms with Crippen LogP contribution in [0.25, 0.3) is 0 Å². The molecule has 0 aliphatic rings. The van der Waals surface area contributed by atoms with Crippen molar-refractivity contribution in [2.45, 2.75) is 24.2 Å². The molecule has 0 fully saturated rings. The first kappa shape index (κ1) is 25.3. The molecule has 9 heteroatoms. The van der Waals surface area contributed by atoms with Gasteiger partial charge in [-0.25, -0.2) is 8.42 Å². The fourth-order valence-corrected chi connectivity index (χ4v) is 3.86. The highest BCUT2D eigenvalue weighted by atomic mass is 32.2. The number of ether oxygens (including phenoxy) is 4. The minimum atomic E-state index is -3.28. The predicted molar refractivity (Wildman–Crippen MR) is 122 cm³/mol. The van der Waals surface area contributed by atoms with Crippen LogP contribution in [0.1, 0.15) is 18.4 Å². The SMILES string of the molecule is COc1ccc(CCC(=O)N(C)CCCOc2cccc(S(C)(=O)=O)c2)c(OC)c1OC. The summed E-state index contributed by atoms with van der Waals surface area (Å²) in [6.07, 6.45) is 2.59. The molecule has 2 rings (SSSR count). The molecule has 0 atom stereocenters. The van der Waals surface area contributed by atoms with Crippen LogP contribution in [0, 0.1) is 0 Å². The second-order valence-electron chi connectivity index (χ2n) is 7.26. The van der Waals surface area contributed by atoms with Crippen molar-refractivity contribution in [2.75, 3.05) is 47.8 Å². The molecule has 0 saturated carbocycles. The van der Waals surface area contributed by atoms with E-state index in [1.54, 1.807) is 51.5 Å². The first-order chi connectivity index (χ1) is 15.2. The Bertz CT molecular complexity index is 1020. The van der Waals surface area contributed by atoms with Crippen molar-refractivity contribution < 1.29 is 32.2 Å². The van der Waals surface area contributed by atoms with Gasteiger partial charge in [0.25, 0.3) is 0 Å². The maximum atomic E-state index is 12.5. The molecule has 2 aromatic rings. The molecule has 0 aliphatic carbocycles. The van der Waals surface area contributed by atoms with Crippen molar-refractivity contribution in [2.24, 2.45) is 0 Å². The smallest absolute Gasteiger partial charge is 0.222 e. The molecule has 0 unspecified atom stereocenters. The summed E-state index contributed by atoms with van der Waals surface area (Å²) in [6.45, 7) is 0.891. The Balaban J connectivity index is 1.84. The fraction of sp³-hybridized carbons (Fsp3) is 0.435. The summed E-state index contributed by atoms with van der Waals surface area (Å²) in [5.74, 6) is 2.12. The van der Waals surface area contributed by atoms with E-state index < -0.39 is 9.84 Å². The Kier molecular flexibility index (Phi) is 9.19. The molecule has 0 heterocycles. The third-order valence-electron chi connectivity index (χ3n) is 4.96. The van der Waals surface area contributed by atoms with Crippen LogP contribution in [-0.2, 0) is 21.1 Å². The lowest BCUT2D eigenvalue weighted by molar-refractivity contribution is -0.129. The van der Waals surface area contributed by atoms with Gasteiger partial charge in [-0.05, 0) is 42.7 Å². The quantitative estimate of drug-likeness (QED) is 0.445. The van der Waals surface area contributed by atoms with Crippen molar-refractivity contribution in [1.29, 1.82) is 0 Å². The van der Waals surface area contributed by atoms with Crippen LogP contribution in [0.4, 0.5) is 0 Å². The van der Waals surface area contributed by atoms with Crippen molar-refractivity contribution in [3.8, 4) is 23.0 Å². The number of amides is 1. The van der Waals surface area contributed by atoms with E-state index in [1.165, 1.54) is 12.1 Å². The zero-order chi connectivity index (χ0) is 23.7. The maximum absolute atomic E-state index is 12.5. The van der Waals surface area contributed by atoms with E-state index in [0.717, 1.165) is 11.8 Å². The van der Waals surface area contributed by atoms with Crippen LogP contribution >= 0.6 is 0 Å². The standard InChI is InChI=1S/C23H31NO7S/c1-24(14-7-15-31-18-8-6-9-19(16-18)32(5,26)27)21(25)13-11-17-10-12-20(28-2)23(30-4)22(17)29-3/h6,8-10,12,16H,7,11,13-15H2,1-5H3. The van der Waals surface area contributed by atoms with Gasteiger partial charge in [0.05, 0.1) is 32.8 Å². The Morgan fingerprint density at radius 2 is 1.72 bits per heavy atom. The maximum Gasteiger partial charge on any atom is 0.222 e. The average Bonchev–Trinajstić information content (AvgIpc) is 2.78. The minimum absolute atomic E-state index is 0.000844. The second-order valence-corrected chi connectivity index (χ2v) is 9.27. The summed E-state index contributed by atoms with van der Waals surface area (Å²) < 4.78 is 45.0. The molecule has 0 bridgehead atoms. The number of aryl methyl sites for hydroxylation is 1. The summed E-state index contributed by atoms with van der Waals surface area (Å²) >= 11 is 0. The molecule has 0 saturated heterocycles. The van der Waals surface area contributed by atoms with E-state index >= 15 is 0 Å². The largest absolute Gasteiger partial charge is 0.493 e. The number of rotatable bonds is 12. The minimum Gasteiger partial charge on any atom is -0.493 e. The number of hydrogen-bond acceptors (Lipinski definition) is 7. The second kappa shape index (κ2) is 11.6. The molecule has 0 spiro atoms. The number of carbonyl (C=O) groups is 1. The Morgan fingerprint density at radius 3 is 2.34 bits per heavy atom. The highest BCUT2D eigenvalue weighted by Gasteiger charge is 2.17. The fourth-order valence-electron chi connectivity index (χ4n) is 3.20. The third kappa shape index (κ3) is 6.78. The molecular weight excluding hydrogens is 434 g/mol. The molecule has 2 aromatic carbocycles. The third-order valence-corrected chi connectivity index (χ3v) is 6.07. The summed E-state index contributed by atoms with van der Waals surface area (Å²) in [6, 6.07) is 10.0. The lowest BCUT2D eigenvalue weighted by atomic mass is 10.1. The average molecular weight is 466 g/mol. The van der Waals surface area contributed by atoms with Gasteiger partial charge in [0.2, 0.25) is 11.7 Å². The molecule has 176 valence electrons. The van der Waals surface area contributed by atoms with E-state index in [-0.39, 0.29) is 10.8 Å². The normalized spacial score (nSPS) is 11.0. The lowest BCUT2D eigenvalue weighted by Crippen LogP contribution is -2.28. The molecular formula is C23H31NO7S. The van der Waals surface area contributed by atoms with Gasteiger partial charge in [0.1, 0.15) is 5.75 Å². The van der Waals surface area contributed by atoms with E-state index in [4.69, 9.17) is 18.9 Å². The van der Waals surface area contributed by atoms with E-state index in [2.05, 4.69) is 0 Å². The molecule has 1 amide bonds. The highest BCUT2D eigenvalue weighted by molar-refractivity contribution is 7.90. The monoisotopic (exact) mass is 465 g/mol. The number of sulfone groups is 1. The summed E-state index contributed by atoms with van der Waals surface area (Å²) in [5, 5.41) is 0. The van der Waals surface area contributed by atoms with Crippen LogP contribution in [-0.4, -0.2) is 67.0 Å². The molecule has 0 N–H and O–H groups in total. The first-order valence-corrected chi connectivity index (χ1v) is 12.0. The van der Waals surface area contributed by atoms with Gasteiger partial charge >= 0.3 is 0 Å². The zero-order valence-corrected chi connectivity index (χ0v) is 20.0. The van der Waals surface area contributed by atoms with Crippen molar-refractivity contribution in [1.82, 2.24) is 4.90 Å². The van der Waals surface area contributed by atoms with Crippen molar-refractivity contribution in [3.63, 3.8) is 0 Å². The van der Waals surface area contributed by atoms with Crippen molar-refractivity contribution in [3.05, 3.63) is 42.0 Å². The zero-order valence-electron chi connectivity index (χ0n) is 19.2. The van der Waals surface area contributed by atoms with E-state index in [9.17, 15) is 13.2 Å². The van der Waals surface area contributed by atoms with Gasteiger partial charge in [-0.2, -0.15) is 0 Å². The van der Waals surface area contributed by atoms with Crippen molar-refractivity contribution >= 4 is 15.7 Å². The van der Waals surface area contributed by atoms with Gasteiger partial charge in [0.15, 0.2) is 21.3 Å². The number of hydrogen-bond donors (Lipinski definition) is 0. The molecule has 0 radical (unpaired) electrons. The Morgan fingerprint density at radius 1 is 1.00 bits per heavy atom. The molecule has 8 nitrogen and oxygen atoms in total. The van der Waals surface area contributed by atoms with Gasteiger partial charge < -0.3 is 23.8 Å². The number of methoxy groups -OCH3 is 3. The van der Waals surface area contributed by atoms with Crippen LogP contribution in [0.5, 0.6) is 23.0 Å². The van der Waals surface area contributed by atoms with E-state index in [0.29, 0.717) is 55.4 Å². The summed E-state index contributed by atoms with van der Waals surface area (Å²) in [4.78, 5) is 14.4. The highest BCUT2D eigenvalue weighted by Crippen LogP contribution is 2.40. The van der Waals surface area contributed by atoms with Crippen LogP contribution < -0.4 is 18.9 Å². The summed E-state index contributed by atoms with van der Waals surface area (Å²) in [5.41, 5.74) is 0.862. The van der Waals surface area contributed by atoms with Gasteiger partial charge in [-0.15, -0.1) is 0 Å². The van der Waals surface area contributed by atoms with Crippen LogP contribution in [0.2, 0.25) is 0 Å². The van der Waals surface area contributed by atoms with Crippen LogP contribution in [0.3, 0.4) is 0 Å². The van der Waals surface area contributed by atoms with Gasteiger partial charge in [-0.3, -0.25) is 4.79 Å². The molecule has 32 heavy (non-hydrogen) atoms. The van der Waals surface area contributed by atoms with Gasteiger partial charge in [0, 0.05) is 26.3 Å². The number of nitrogens with zero attached hydrogens (tertiary/aromatic N) is 1.